The largest absolute Gasteiger partial charge is 0.494 e. The van der Waals surface area contributed by atoms with Crippen LogP contribution >= 0.6 is 11.3 Å². The van der Waals surface area contributed by atoms with Crippen LogP contribution in [0.15, 0.2) is 29.6 Å². The van der Waals surface area contributed by atoms with Crippen molar-refractivity contribution in [1.29, 1.82) is 0 Å². The van der Waals surface area contributed by atoms with Gasteiger partial charge in [0.15, 0.2) is 5.13 Å². The Morgan fingerprint density at radius 3 is 2.54 bits per heavy atom. The van der Waals surface area contributed by atoms with Gasteiger partial charge in [0.05, 0.1) is 12.3 Å². The van der Waals surface area contributed by atoms with Crippen molar-refractivity contribution >= 4 is 28.3 Å². The van der Waals surface area contributed by atoms with Crippen molar-refractivity contribution in [2.24, 2.45) is 11.8 Å². The molecule has 1 saturated heterocycles. The maximum absolute atomic E-state index is 12.6. The number of rotatable bonds is 6. The predicted molar refractivity (Wildman–Crippen MR) is 111 cm³/mol. The van der Waals surface area contributed by atoms with Crippen molar-refractivity contribution in [2.75, 3.05) is 25.0 Å². The number of ether oxygens (including phenoxy) is 1. The lowest BCUT2D eigenvalue weighted by Gasteiger charge is -2.32. The lowest BCUT2D eigenvalue weighted by Crippen LogP contribution is -2.43. The SMILES string of the molecule is CCOc1ccc(-c2csc(NC(=O)C3CCN(C(=O)C(C)C)CC3)n2)cc1. The van der Waals surface area contributed by atoms with Gasteiger partial charge in [-0.05, 0) is 44.0 Å². The molecular formula is C21H27N3O3S. The van der Waals surface area contributed by atoms with Gasteiger partial charge in [0, 0.05) is 35.9 Å². The molecule has 0 radical (unpaired) electrons. The Morgan fingerprint density at radius 2 is 1.93 bits per heavy atom. The fourth-order valence-electron chi connectivity index (χ4n) is 3.29. The number of benzene rings is 1. The summed E-state index contributed by atoms with van der Waals surface area (Å²) in [5.74, 6) is 0.913. The van der Waals surface area contributed by atoms with E-state index in [1.54, 1.807) is 0 Å². The Kier molecular flexibility index (Phi) is 6.67. The van der Waals surface area contributed by atoms with Crippen LogP contribution in [0.2, 0.25) is 0 Å². The van der Waals surface area contributed by atoms with E-state index in [0.29, 0.717) is 37.7 Å². The molecule has 28 heavy (non-hydrogen) atoms. The van der Waals surface area contributed by atoms with Crippen LogP contribution in [0.1, 0.15) is 33.6 Å². The summed E-state index contributed by atoms with van der Waals surface area (Å²) < 4.78 is 5.46. The van der Waals surface area contributed by atoms with Gasteiger partial charge in [-0.1, -0.05) is 13.8 Å². The van der Waals surface area contributed by atoms with Crippen molar-refractivity contribution < 1.29 is 14.3 Å². The number of piperidine rings is 1. The Hall–Kier alpha value is -2.41. The molecule has 1 aromatic carbocycles. The zero-order valence-corrected chi connectivity index (χ0v) is 17.4. The summed E-state index contributed by atoms with van der Waals surface area (Å²) in [4.78, 5) is 31.0. The predicted octanol–water partition coefficient (Wildman–Crippen LogP) is 4.04. The highest BCUT2D eigenvalue weighted by Gasteiger charge is 2.28. The Morgan fingerprint density at radius 1 is 1.25 bits per heavy atom. The van der Waals surface area contributed by atoms with E-state index in [2.05, 4.69) is 10.3 Å². The van der Waals surface area contributed by atoms with E-state index in [4.69, 9.17) is 4.74 Å². The van der Waals surface area contributed by atoms with Gasteiger partial charge in [-0.25, -0.2) is 4.98 Å². The Balaban J connectivity index is 1.55. The van der Waals surface area contributed by atoms with Crippen molar-refractivity contribution in [1.82, 2.24) is 9.88 Å². The lowest BCUT2D eigenvalue weighted by molar-refractivity contribution is -0.137. The third kappa shape index (κ3) is 4.90. The summed E-state index contributed by atoms with van der Waals surface area (Å²) in [5.41, 5.74) is 1.82. The minimum Gasteiger partial charge on any atom is -0.494 e. The Labute approximate surface area is 169 Å². The van der Waals surface area contributed by atoms with Gasteiger partial charge >= 0.3 is 0 Å². The molecule has 150 valence electrons. The molecule has 2 amide bonds. The normalized spacial score (nSPS) is 14.9. The molecule has 0 spiro atoms. The topological polar surface area (TPSA) is 71.5 Å². The van der Waals surface area contributed by atoms with Gasteiger partial charge in [0.25, 0.3) is 0 Å². The summed E-state index contributed by atoms with van der Waals surface area (Å²) in [6.07, 6.45) is 1.39. The van der Waals surface area contributed by atoms with Gasteiger partial charge in [-0.2, -0.15) is 0 Å². The molecule has 0 bridgehead atoms. The fourth-order valence-corrected chi connectivity index (χ4v) is 4.01. The van der Waals surface area contributed by atoms with E-state index >= 15 is 0 Å². The van der Waals surface area contributed by atoms with Crippen LogP contribution in [-0.2, 0) is 9.59 Å². The molecule has 1 aliphatic heterocycles. The van der Waals surface area contributed by atoms with Gasteiger partial charge < -0.3 is 15.0 Å². The molecule has 7 heteroatoms. The highest BCUT2D eigenvalue weighted by Crippen LogP contribution is 2.28. The first kappa shape index (κ1) is 20.3. The molecule has 0 atom stereocenters. The van der Waals surface area contributed by atoms with Crippen LogP contribution in [0, 0.1) is 11.8 Å². The second-order valence-electron chi connectivity index (χ2n) is 7.24. The monoisotopic (exact) mass is 401 g/mol. The van der Waals surface area contributed by atoms with Crippen molar-refractivity contribution in [2.45, 2.75) is 33.6 Å². The summed E-state index contributed by atoms with van der Waals surface area (Å²) in [5, 5.41) is 5.49. The number of hydrogen-bond donors (Lipinski definition) is 1. The van der Waals surface area contributed by atoms with E-state index < -0.39 is 0 Å². The molecule has 1 N–H and O–H groups in total. The first-order valence-corrected chi connectivity index (χ1v) is 10.6. The fraction of sp³-hybridized carbons (Fsp3) is 0.476. The second kappa shape index (κ2) is 9.19. The first-order chi connectivity index (χ1) is 13.5. The average molecular weight is 402 g/mol. The average Bonchev–Trinajstić information content (AvgIpc) is 3.16. The second-order valence-corrected chi connectivity index (χ2v) is 8.10. The van der Waals surface area contributed by atoms with Gasteiger partial charge in [0.2, 0.25) is 11.8 Å². The number of nitrogens with zero attached hydrogens (tertiary/aromatic N) is 2. The number of aromatic nitrogens is 1. The van der Waals surface area contributed by atoms with Gasteiger partial charge in [-0.3, -0.25) is 9.59 Å². The van der Waals surface area contributed by atoms with E-state index in [1.165, 1.54) is 11.3 Å². The van der Waals surface area contributed by atoms with Crippen LogP contribution < -0.4 is 10.1 Å². The van der Waals surface area contributed by atoms with Crippen molar-refractivity contribution in [3.8, 4) is 17.0 Å². The molecule has 0 saturated carbocycles. The Bertz CT molecular complexity index is 809. The third-order valence-electron chi connectivity index (χ3n) is 4.87. The number of nitrogens with one attached hydrogen (secondary N) is 1. The standard InChI is InChI=1S/C21H27N3O3S/c1-4-27-17-7-5-15(6-8-17)18-13-28-21(22-18)23-19(25)16-9-11-24(12-10-16)20(26)14(2)3/h5-8,13-14,16H,4,9-12H2,1-3H3,(H,22,23,25). The van der Waals surface area contributed by atoms with Crippen LogP contribution in [0.25, 0.3) is 11.3 Å². The minimum atomic E-state index is -0.0750. The van der Waals surface area contributed by atoms with Gasteiger partial charge in [0.1, 0.15) is 5.75 Å². The highest BCUT2D eigenvalue weighted by atomic mass is 32.1. The summed E-state index contributed by atoms with van der Waals surface area (Å²) in [7, 11) is 0. The van der Waals surface area contributed by atoms with E-state index in [0.717, 1.165) is 17.0 Å². The van der Waals surface area contributed by atoms with Crippen LogP contribution in [-0.4, -0.2) is 41.4 Å². The molecule has 0 unspecified atom stereocenters. The minimum absolute atomic E-state index is 0.00159. The van der Waals surface area contributed by atoms with E-state index in [9.17, 15) is 9.59 Å². The maximum Gasteiger partial charge on any atom is 0.229 e. The van der Waals surface area contributed by atoms with Crippen LogP contribution in [0.4, 0.5) is 5.13 Å². The number of carbonyl (C=O) groups is 2. The first-order valence-electron chi connectivity index (χ1n) is 9.76. The smallest absolute Gasteiger partial charge is 0.229 e. The molecule has 1 aromatic heterocycles. The zero-order chi connectivity index (χ0) is 20.1. The molecule has 0 aliphatic carbocycles. The summed E-state index contributed by atoms with van der Waals surface area (Å²) >= 11 is 1.42. The number of carbonyl (C=O) groups excluding carboxylic acids is 2. The lowest BCUT2D eigenvalue weighted by atomic mass is 9.95. The molecule has 2 aromatic rings. The molecular weight excluding hydrogens is 374 g/mol. The van der Waals surface area contributed by atoms with Crippen LogP contribution in [0.5, 0.6) is 5.75 Å². The molecule has 1 fully saturated rings. The third-order valence-corrected chi connectivity index (χ3v) is 5.62. The molecule has 6 nitrogen and oxygen atoms in total. The highest BCUT2D eigenvalue weighted by molar-refractivity contribution is 7.14. The number of amides is 2. The van der Waals surface area contributed by atoms with Crippen molar-refractivity contribution in [3.63, 3.8) is 0 Å². The summed E-state index contributed by atoms with van der Waals surface area (Å²) in [6.45, 7) is 7.69. The maximum atomic E-state index is 12.6. The number of thiazole rings is 1. The quantitative estimate of drug-likeness (QED) is 0.793. The van der Waals surface area contributed by atoms with E-state index in [1.807, 2.05) is 55.3 Å². The molecule has 1 aliphatic rings. The molecule has 3 rings (SSSR count). The van der Waals surface area contributed by atoms with E-state index in [-0.39, 0.29) is 23.7 Å². The number of hydrogen-bond acceptors (Lipinski definition) is 5. The van der Waals surface area contributed by atoms with Crippen molar-refractivity contribution in [3.05, 3.63) is 29.6 Å². The number of likely N-dealkylation sites (tertiary alicyclic amines) is 1. The van der Waals surface area contributed by atoms with Gasteiger partial charge in [-0.15, -0.1) is 11.3 Å². The zero-order valence-electron chi connectivity index (χ0n) is 16.6. The van der Waals surface area contributed by atoms with Crippen LogP contribution in [0.3, 0.4) is 0 Å². The molecule has 2 heterocycles. The number of anilines is 1. The summed E-state index contributed by atoms with van der Waals surface area (Å²) in [6, 6.07) is 7.77.